The summed E-state index contributed by atoms with van der Waals surface area (Å²) in [6.45, 7) is 0.552. The number of carbonyl (C=O) groups is 1. The van der Waals surface area contributed by atoms with Crippen molar-refractivity contribution >= 4 is 34.8 Å². The van der Waals surface area contributed by atoms with Crippen molar-refractivity contribution in [2.24, 2.45) is 7.05 Å². The molecule has 4 rings (SSSR count). The summed E-state index contributed by atoms with van der Waals surface area (Å²) < 4.78 is 38.9. The lowest BCUT2D eigenvalue weighted by molar-refractivity contribution is -0.123. The van der Waals surface area contributed by atoms with Crippen LogP contribution in [0.25, 0.3) is 5.57 Å². The van der Waals surface area contributed by atoms with E-state index in [-0.39, 0.29) is 12.1 Å². The van der Waals surface area contributed by atoms with Gasteiger partial charge in [0.2, 0.25) is 5.95 Å². The maximum atomic E-state index is 12.5. The predicted molar refractivity (Wildman–Crippen MR) is 109 cm³/mol. The van der Waals surface area contributed by atoms with E-state index >= 15 is 0 Å². The van der Waals surface area contributed by atoms with Gasteiger partial charge in [0.05, 0.1) is 23.6 Å². The van der Waals surface area contributed by atoms with Crippen LogP contribution in [0.5, 0.6) is 0 Å². The standard InChI is InChI=1S/C19H21ClF3N7O/c1-10-7-24-17(27-14-8-26-29(2)16(14)20)28-15(10)11-5-12-3-4-13(6-11)30(12)18(31)25-9-19(21,22)23/h5,7-8,12-13H,3-4,6,9H2,1-2H3,(H,25,31)(H,24,27,28). The number of aryl methyl sites for hydroxylation is 2. The van der Waals surface area contributed by atoms with Crippen LogP contribution in [0.1, 0.15) is 30.5 Å². The van der Waals surface area contributed by atoms with E-state index in [1.807, 2.05) is 18.3 Å². The van der Waals surface area contributed by atoms with Gasteiger partial charge in [0, 0.05) is 19.3 Å². The smallest absolute Gasteiger partial charge is 0.329 e. The van der Waals surface area contributed by atoms with Gasteiger partial charge < -0.3 is 15.5 Å². The minimum absolute atomic E-state index is 0.170. The summed E-state index contributed by atoms with van der Waals surface area (Å²) in [5.74, 6) is 0.356. The monoisotopic (exact) mass is 455 g/mol. The van der Waals surface area contributed by atoms with Gasteiger partial charge in [-0.25, -0.2) is 14.8 Å². The number of aromatic nitrogens is 4. The van der Waals surface area contributed by atoms with Gasteiger partial charge in [0.1, 0.15) is 11.7 Å². The van der Waals surface area contributed by atoms with Gasteiger partial charge in [0.25, 0.3) is 0 Å². The molecule has 4 heterocycles. The van der Waals surface area contributed by atoms with Crippen LogP contribution in [0, 0.1) is 6.92 Å². The molecular weight excluding hydrogens is 435 g/mol. The number of alkyl halides is 3. The molecule has 2 aromatic rings. The highest BCUT2D eigenvalue weighted by molar-refractivity contribution is 6.32. The van der Waals surface area contributed by atoms with E-state index in [2.05, 4.69) is 20.4 Å². The Balaban J connectivity index is 1.54. The zero-order chi connectivity index (χ0) is 22.3. The van der Waals surface area contributed by atoms with Crippen molar-refractivity contribution in [1.82, 2.24) is 30.0 Å². The van der Waals surface area contributed by atoms with E-state index in [1.54, 1.807) is 19.4 Å². The molecule has 0 saturated carbocycles. The van der Waals surface area contributed by atoms with Crippen LogP contribution in [0.3, 0.4) is 0 Å². The highest BCUT2D eigenvalue weighted by Gasteiger charge is 2.41. The third kappa shape index (κ3) is 4.46. The lowest BCUT2D eigenvalue weighted by atomic mass is 9.96. The quantitative estimate of drug-likeness (QED) is 0.732. The number of nitrogens with zero attached hydrogens (tertiary/aromatic N) is 5. The first-order chi connectivity index (χ1) is 14.6. The third-order valence-corrected chi connectivity index (χ3v) is 5.91. The Hall–Kier alpha value is -2.82. The Morgan fingerprint density at radius 2 is 2.10 bits per heavy atom. The maximum Gasteiger partial charge on any atom is 0.405 e. The van der Waals surface area contributed by atoms with Crippen LogP contribution < -0.4 is 10.6 Å². The second-order valence-electron chi connectivity index (χ2n) is 7.70. The van der Waals surface area contributed by atoms with Gasteiger partial charge in [0.15, 0.2) is 0 Å². The van der Waals surface area contributed by atoms with Crippen LogP contribution in [-0.2, 0) is 7.05 Å². The normalized spacial score (nSPS) is 20.6. The molecule has 2 N–H and O–H groups in total. The second kappa shape index (κ2) is 8.03. The van der Waals surface area contributed by atoms with Crippen LogP contribution >= 0.6 is 11.6 Å². The van der Waals surface area contributed by atoms with Crippen molar-refractivity contribution in [3.05, 3.63) is 34.9 Å². The number of urea groups is 1. The average Bonchev–Trinajstić information content (AvgIpc) is 3.16. The molecule has 0 radical (unpaired) electrons. The molecule has 1 fully saturated rings. The van der Waals surface area contributed by atoms with E-state index in [0.717, 1.165) is 23.3 Å². The molecule has 2 amide bonds. The lowest BCUT2D eigenvalue weighted by Crippen LogP contribution is -2.50. The first kappa shape index (κ1) is 21.4. The van der Waals surface area contributed by atoms with Gasteiger partial charge in [-0.3, -0.25) is 4.68 Å². The number of hydrogen-bond donors (Lipinski definition) is 2. The summed E-state index contributed by atoms with van der Waals surface area (Å²) in [5, 5.41) is 9.51. The molecule has 2 bridgehead atoms. The minimum atomic E-state index is -4.44. The number of anilines is 2. The van der Waals surface area contributed by atoms with Crippen LogP contribution in [0.15, 0.2) is 18.5 Å². The molecule has 2 aromatic heterocycles. The number of amides is 2. The molecule has 0 spiro atoms. The van der Waals surface area contributed by atoms with Crippen molar-refractivity contribution in [2.45, 2.75) is 44.4 Å². The lowest BCUT2D eigenvalue weighted by Gasteiger charge is -2.34. The zero-order valence-corrected chi connectivity index (χ0v) is 17.6. The Labute approximate surface area is 181 Å². The molecule has 2 aliphatic heterocycles. The predicted octanol–water partition coefficient (Wildman–Crippen LogP) is 3.81. The van der Waals surface area contributed by atoms with Crippen molar-refractivity contribution in [1.29, 1.82) is 0 Å². The van der Waals surface area contributed by atoms with E-state index in [4.69, 9.17) is 11.6 Å². The summed E-state index contributed by atoms with van der Waals surface area (Å²) >= 11 is 6.18. The molecule has 0 aromatic carbocycles. The molecule has 8 nitrogen and oxygen atoms in total. The first-order valence-electron chi connectivity index (χ1n) is 9.74. The Kier molecular flexibility index (Phi) is 5.54. The van der Waals surface area contributed by atoms with E-state index in [0.29, 0.717) is 29.6 Å². The highest BCUT2D eigenvalue weighted by Crippen LogP contribution is 2.39. The zero-order valence-electron chi connectivity index (χ0n) is 16.9. The summed E-state index contributed by atoms with van der Waals surface area (Å²) in [4.78, 5) is 22.8. The molecule has 0 aliphatic carbocycles. The van der Waals surface area contributed by atoms with Gasteiger partial charge in [-0.05, 0) is 37.3 Å². The Bertz CT molecular complexity index is 1040. The second-order valence-corrected chi connectivity index (χ2v) is 8.06. The number of fused-ring (bicyclic) bond motifs is 2. The van der Waals surface area contributed by atoms with Crippen molar-refractivity contribution in [2.75, 3.05) is 11.9 Å². The van der Waals surface area contributed by atoms with Gasteiger partial charge >= 0.3 is 12.2 Å². The molecule has 2 unspecified atom stereocenters. The summed E-state index contributed by atoms with van der Waals surface area (Å²) in [6.07, 6.45) is 2.69. The molecule has 2 atom stereocenters. The van der Waals surface area contributed by atoms with Gasteiger partial charge in [-0.2, -0.15) is 18.3 Å². The van der Waals surface area contributed by atoms with Crippen LogP contribution in [0.4, 0.5) is 29.6 Å². The number of carbonyl (C=O) groups excluding carboxylic acids is 1. The Morgan fingerprint density at radius 1 is 1.32 bits per heavy atom. The first-order valence-corrected chi connectivity index (χ1v) is 10.1. The Morgan fingerprint density at radius 3 is 2.74 bits per heavy atom. The highest BCUT2D eigenvalue weighted by atomic mass is 35.5. The van der Waals surface area contributed by atoms with Crippen molar-refractivity contribution in [3.8, 4) is 0 Å². The van der Waals surface area contributed by atoms with E-state index < -0.39 is 18.8 Å². The average molecular weight is 456 g/mol. The molecular formula is C19H21ClF3N7O. The molecule has 166 valence electrons. The largest absolute Gasteiger partial charge is 0.405 e. The fourth-order valence-corrected chi connectivity index (χ4v) is 4.18. The topological polar surface area (TPSA) is 88.0 Å². The van der Waals surface area contributed by atoms with Crippen molar-refractivity contribution < 1.29 is 18.0 Å². The third-order valence-electron chi connectivity index (χ3n) is 5.46. The molecule has 1 saturated heterocycles. The number of hydrogen-bond acceptors (Lipinski definition) is 5. The van der Waals surface area contributed by atoms with Crippen LogP contribution in [0.2, 0.25) is 5.15 Å². The SMILES string of the molecule is Cc1cnc(Nc2cnn(C)c2Cl)nc1C1=CC2CCC(C1)N2C(=O)NCC(F)(F)F. The van der Waals surface area contributed by atoms with Crippen LogP contribution in [-0.4, -0.2) is 55.5 Å². The van der Waals surface area contributed by atoms with Crippen molar-refractivity contribution in [3.63, 3.8) is 0 Å². The molecule has 12 heteroatoms. The fourth-order valence-electron chi connectivity index (χ4n) is 4.04. The fraction of sp³-hybridized carbons (Fsp3) is 0.474. The summed E-state index contributed by atoms with van der Waals surface area (Å²) in [6, 6.07) is -1.12. The van der Waals surface area contributed by atoms with Gasteiger partial charge in [-0.15, -0.1) is 0 Å². The number of nitrogens with one attached hydrogen (secondary N) is 2. The molecule has 2 aliphatic rings. The van der Waals surface area contributed by atoms with E-state index in [9.17, 15) is 18.0 Å². The van der Waals surface area contributed by atoms with E-state index in [1.165, 1.54) is 9.58 Å². The maximum absolute atomic E-state index is 12.5. The number of rotatable bonds is 4. The number of halogens is 4. The summed E-state index contributed by atoms with van der Waals surface area (Å²) in [5.41, 5.74) is 3.13. The summed E-state index contributed by atoms with van der Waals surface area (Å²) in [7, 11) is 1.72. The van der Waals surface area contributed by atoms with Gasteiger partial charge in [-0.1, -0.05) is 17.7 Å². The minimum Gasteiger partial charge on any atom is -0.329 e. The molecule has 31 heavy (non-hydrogen) atoms.